The Morgan fingerprint density at radius 3 is 2.69 bits per heavy atom. The number of benzene rings is 1. The van der Waals surface area contributed by atoms with Crippen LogP contribution in [-0.2, 0) is 11.2 Å². The van der Waals surface area contributed by atoms with E-state index < -0.39 is 6.04 Å². The first kappa shape index (κ1) is 18.2. The average molecular weight is 369 g/mol. The normalized spacial score (nSPS) is 13.3. The number of fused-ring (bicyclic) bond motifs is 1. The Morgan fingerprint density at radius 1 is 1.15 bits per heavy atom. The molecular weight excluding hydrogens is 346 g/mol. The van der Waals surface area contributed by atoms with Gasteiger partial charge in [-0.25, -0.2) is 0 Å². The lowest BCUT2D eigenvalue weighted by atomic mass is 10.0. The molecule has 0 aliphatic carbocycles. The molecule has 2 heterocycles. The zero-order valence-corrected chi connectivity index (χ0v) is 15.7. The van der Waals surface area contributed by atoms with Gasteiger partial charge in [-0.15, -0.1) is 11.3 Å². The zero-order chi connectivity index (χ0) is 18.5. The molecule has 5 nitrogen and oxygen atoms in total. The number of amides is 2. The molecular formula is C20H23N3O2S. The molecule has 6 heteroatoms. The van der Waals surface area contributed by atoms with Gasteiger partial charge in [0, 0.05) is 29.6 Å². The van der Waals surface area contributed by atoms with Crippen molar-refractivity contribution >= 4 is 34.1 Å². The number of rotatable bonds is 7. The lowest BCUT2D eigenvalue weighted by Crippen LogP contribution is -2.50. The molecule has 3 N–H and O–H groups in total. The molecule has 0 bridgehead atoms. The van der Waals surface area contributed by atoms with Crippen LogP contribution in [-0.4, -0.2) is 28.9 Å². The maximum atomic E-state index is 12.7. The van der Waals surface area contributed by atoms with Crippen molar-refractivity contribution in [2.75, 3.05) is 0 Å². The topological polar surface area (TPSA) is 74.0 Å². The molecule has 0 aliphatic rings. The van der Waals surface area contributed by atoms with Gasteiger partial charge in [0.2, 0.25) is 5.91 Å². The van der Waals surface area contributed by atoms with E-state index in [1.54, 1.807) is 6.07 Å². The Balaban J connectivity index is 1.82. The number of thiophene rings is 1. The maximum absolute atomic E-state index is 12.7. The molecule has 26 heavy (non-hydrogen) atoms. The highest BCUT2D eigenvalue weighted by molar-refractivity contribution is 7.12. The van der Waals surface area contributed by atoms with Crippen LogP contribution in [0.5, 0.6) is 0 Å². The van der Waals surface area contributed by atoms with Crippen LogP contribution in [0, 0.1) is 0 Å². The highest BCUT2D eigenvalue weighted by Gasteiger charge is 2.24. The maximum Gasteiger partial charge on any atom is 0.262 e. The molecule has 0 spiro atoms. The number of H-pyrrole nitrogens is 1. The second-order valence-corrected chi connectivity index (χ2v) is 7.33. The summed E-state index contributed by atoms with van der Waals surface area (Å²) in [6, 6.07) is 11.0. The highest BCUT2D eigenvalue weighted by atomic mass is 32.1. The summed E-state index contributed by atoms with van der Waals surface area (Å²) in [4.78, 5) is 29.1. The minimum absolute atomic E-state index is 0.0617. The number of carbonyl (C=O) groups excluding carboxylic acids is 2. The van der Waals surface area contributed by atoms with E-state index in [-0.39, 0.29) is 17.9 Å². The van der Waals surface area contributed by atoms with Crippen molar-refractivity contribution < 1.29 is 9.59 Å². The van der Waals surface area contributed by atoms with E-state index in [9.17, 15) is 9.59 Å². The molecule has 0 saturated carbocycles. The number of aromatic nitrogens is 1. The summed E-state index contributed by atoms with van der Waals surface area (Å²) in [5.41, 5.74) is 2.03. The van der Waals surface area contributed by atoms with Gasteiger partial charge in [0.05, 0.1) is 4.88 Å². The summed E-state index contributed by atoms with van der Waals surface area (Å²) in [7, 11) is 0. The van der Waals surface area contributed by atoms with Crippen LogP contribution >= 0.6 is 11.3 Å². The van der Waals surface area contributed by atoms with Gasteiger partial charge in [-0.2, -0.15) is 0 Å². The number of aromatic amines is 1. The molecule has 1 aromatic carbocycles. The van der Waals surface area contributed by atoms with Gasteiger partial charge in [0.25, 0.3) is 5.91 Å². The highest BCUT2D eigenvalue weighted by Crippen LogP contribution is 2.19. The first-order valence-electron chi connectivity index (χ1n) is 8.78. The minimum Gasteiger partial charge on any atom is -0.361 e. The molecule has 0 saturated heterocycles. The van der Waals surface area contributed by atoms with E-state index in [4.69, 9.17) is 0 Å². The van der Waals surface area contributed by atoms with Crippen LogP contribution in [0.3, 0.4) is 0 Å². The summed E-state index contributed by atoms with van der Waals surface area (Å²) in [5.74, 6) is -0.376. The lowest BCUT2D eigenvalue weighted by Gasteiger charge is -2.20. The fraction of sp³-hybridized carbons (Fsp3) is 0.300. The first-order valence-corrected chi connectivity index (χ1v) is 9.66. The SMILES string of the molecule is CC[C@@H](C)NC(=O)[C@H](Cc1c[nH]c2ccccc12)NC(=O)c1cccs1. The van der Waals surface area contributed by atoms with Gasteiger partial charge in [-0.3, -0.25) is 9.59 Å². The van der Waals surface area contributed by atoms with Crippen LogP contribution in [0.2, 0.25) is 0 Å². The van der Waals surface area contributed by atoms with E-state index in [0.717, 1.165) is 22.9 Å². The van der Waals surface area contributed by atoms with Crippen LogP contribution < -0.4 is 10.6 Å². The van der Waals surface area contributed by atoms with E-state index in [1.807, 2.05) is 55.8 Å². The smallest absolute Gasteiger partial charge is 0.262 e. The number of carbonyl (C=O) groups is 2. The molecule has 136 valence electrons. The van der Waals surface area contributed by atoms with Crippen LogP contribution in [0.4, 0.5) is 0 Å². The number of hydrogen-bond donors (Lipinski definition) is 3. The Morgan fingerprint density at radius 2 is 1.96 bits per heavy atom. The third-order valence-electron chi connectivity index (χ3n) is 4.47. The van der Waals surface area contributed by atoms with Gasteiger partial charge in [-0.1, -0.05) is 31.2 Å². The average Bonchev–Trinajstić information content (AvgIpc) is 3.31. The lowest BCUT2D eigenvalue weighted by molar-refractivity contribution is -0.123. The molecule has 2 amide bonds. The number of para-hydroxylation sites is 1. The summed E-state index contributed by atoms with van der Waals surface area (Å²) >= 11 is 1.36. The summed E-state index contributed by atoms with van der Waals surface area (Å²) in [5, 5.41) is 8.80. The van der Waals surface area contributed by atoms with E-state index in [2.05, 4.69) is 15.6 Å². The molecule has 2 atom stereocenters. The molecule has 3 aromatic rings. The van der Waals surface area contributed by atoms with Gasteiger partial charge in [0.1, 0.15) is 6.04 Å². The first-order chi connectivity index (χ1) is 12.6. The fourth-order valence-electron chi connectivity index (χ4n) is 2.81. The molecule has 0 aliphatic heterocycles. The van der Waals surface area contributed by atoms with Gasteiger partial charge in [-0.05, 0) is 36.4 Å². The van der Waals surface area contributed by atoms with E-state index in [1.165, 1.54) is 11.3 Å². The second kappa shape index (κ2) is 8.19. The Bertz CT molecular complexity index is 885. The minimum atomic E-state index is -0.627. The zero-order valence-electron chi connectivity index (χ0n) is 14.9. The summed E-state index contributed by atoms with van der Waals surface area (Å²) < 4.78 is 0. The number of nitrogens with one attached hydrogen (secondary N) is 3. The molecule has 0 unspecified atom stereocenters. The van der Waals surface area contributed by atoms with Crippen molar-refractivity contribution in [1.82, 2.24) is 15.6 Å². The molecule has 3 rings (SSSR count). The largest absolute Gasteiger partial charge is 0.361 e. The van der Waals surface area contributed by atoms with Crippen molar-refractivity contribution in [3.63, 3.8) is 0 Å². The van der Waals surface area contributed by atoms with Gasteiger partial charge in [0.15, 0.2) is 0 Å². The van der Waals surface area contributed by atoms with Gasteiger partial charge >= 0.3 is 0 Å². The predicted octanol–water partition coefficient (Wildman–Crippen LogP) is 3.49. The second-order valence-electron chi connectivity index (χ2n) is 6.38. The quantitative estimate of drug-likeness (QED) is 0.596. The standard InChI is InChI=1S/C20H23N3O2S/c1-3-13(2)22-19(24)17(23-20(25)18-9-6-10-26-18)11-14-12-21-16-8-5-4-7-15(14)16/h4-10,12-13,17,21H,3,11H2,1-2H3,(H,22,24)(H,23,25)/t13-,17+/m1/s1. The van der Waals surface area contributed by atoms with E-state index in [0.29, 0.717) is 11.3 Å². The Labute approximate surface area is 156 Å². The monoisotopic (exact) mass is 369 g/mol. The Kier molecular flexibility index (Phi) is 5.73. The summed E-state index contributed by atoms with van der Waals surface area (Å²) in [6.07, 6.45) is 3.18. The van der Waals surface area contributed by atoms with Gasteiger partial charge < -0.3 is 15.6 Å². The van der Waals surface area contributed by atoms with Crippen LogP contribution in [0.25, 0.3) is 10.9 Å². The molecule has 0 fully saturated rings. The van der Waals surface area contributed by atoms with Crippen molar-refractivity contribution in [3.8, 4) is 0 Å². The predicted molar refractivity (Wildman–Crippen MR) is 105 cm³/mol. The Hall–Kier alpha value is -2.60. The third-order valence-corrected chi connectivity index (χ3v) is 5.34. The van der Waals surface area contributed by atoms with Crippen molar-refractivity contribution in [2.45, 2.75) is 38.8 Å². The van der Waals surface area contributed by atoms with Crippen LogP contribution in [0.15, 0.2) is 48.0 Å². The molecule has 2 aromatic heterocycles. The van der Waals surface area contributed by atoms with E-state index >= 15 is 0 Å². The summed E-state index contributed by atoms with van der Waals surface area (Å²) in [6.45, 7) is 3.98. The third kappa shape index (κ3) is 4.14. The van der Waals surface area contributed by atoms with Crippen molar-refractivity contribution in [3.05, 3.63) is 58.4 Å². The molecule has 0 radical (unpaired) electrons. The van der Waals surface area contributed by atoms with Crippen molar-refractivity contribution in [1.29, 1.82) is 0 Å². The number of hydrogen-bond acceptors (Lipinski definition) is 3. The van der Waals surface area contributed by atoms with Crippen LogP contribution in [0.1, 0.15) is 35.5 Å². The van der Waals surface area contributed by atoms with Crippen molar-refractivity contribution in [2.24, 2.45) is 0 Å². The fourth-order valence-corrected chi connectivity index (χ4v) is 3.44.